The zero-order valence-corrected chi connectivity index (χ0v) is 20.5. The van der Waals surface area contributed by atoms with Crippen molar-refractivity contribution in [1.82, 2.24) is 5.01 Å². The molecule has 3 aromatic rings. The maximum atomic E-state index is 13.5. The van der Waals surface area contributed by atoms with Crippen LogP contribution in [0.1, 0.15) is 40.9 Å². The average Bonchev–Trinajstić information content (AvgIpc) is 3.34. The molecule has 1 unspecified atom stereocenters. The Labute approximate surface area is 209 Å². The van der Waals surface area contributed by atoms with E-state index in [1.54, 1.807) is 30.3 Å². The number of rotatable bonds is 9. The third kappa shape index (κ3) is 5.54. The average molecular weight is 490 g/mol. The summed E-state index contributed by atoms with van der Waals surface area (Å²) in [5.74, 6) is 0.0863. The summed E-state index contributed by atoms with van der Waals surface area (Å²) in [6, 6.07) is 18.5. The standard InChI is InChI=1S/C28H28FN3O4/c1-4-35-27-15-19(17-33)5-14-26(27)36-18-28(34)32-25(21-8-12-23(13-9-21)31(2)3)16-24(30-32)20-6-10-22(29)11-7-20/h5-15,17,25H,4,16,18H2,1-3H3. The van der Waals surface area contributed by atoms with Gasteiger partial charge in [-0.1, -0.05) is 24.3 Å². The molecule has 0 saturated carbocycles. The molecular formula is C28H28FN3O4. The Morgan fingerprint density at radius 1 is 1.06 bits per heavy atom. The van der Waals surface area contributed by atoms with E-state index in [1.165, 1.54) is 17.1 Å². The third-order valence-electron chi connectivity index (χ3n) is 5.89. The molecule has 0 N–H and O–H groups in total. The number of anilines is 1. The van der Waals surface area contributed by atoms with Gasteiger partial charge in [-0.15, -0.1) is 0 Å². The number of benzene rings is 3. The van der Waals surface area contributed by atoms with Crippen LogP contribution in [0.2, 0.25) is 0 Å². The normalized spacial score (nSPS) is 14.8. The van der Waals surface area contributed by atoms with Gasteiger partial charge in [-0.25, -0.2) is 9.40 Å². The third-order valence-corrected chi connectivity index (χ3v) is 5.89. The number of nitrogens with zero attached hydrogens (tertiary/aromatic N) is 3. The summed E-state index contributed by atoms with van der Waals surface area (Å²) < 4.78 is 24.8. The molecule has 0 aliphatic carbocycles. The molecule has 1 amide bonds. The molecule has 186 valence electrons. The smallest absolute Gasteiger partial charge is 0.281 e. The minimum absolute atomic E-state index is 0.271. The van der Waals surface area contributed by atoms with Crippen molar-refractivity contribution < 1.29 is 23.5 Å². The summed E-state index contributed by atoms with van der Waals surface area (Å²) in [6.07, 6.45) is 1.20. The summed E-state index contributed by atoms with van der Waals surface area (Å²) in [4.78, 5) is 26.4. The van der Waals surface area contributed by atoms with Crippen LogP contribution in [0.25, 0.3) is 0 Å². The van der Waals surface area contributed by atoms with Crippen molar-refractivity contribution in [2.75, 3.05) is 32.2 Å². The van der Waals surface area contributed by atoms with Gasteiger partial charge >= 0.3 is 0 Å². The van der Waals surface area contributed by atoms with Gasteiger partial charge in [-0.05, 0) is 60.5 Å². The molecule has 0 radical (unpaired) electrons. The Kier molecular flexibility index (Phi) is 7.63. The molecule has 1 aliphatic rings. The highest BCUT2D eigenvalue weighted by atomic mass is 19.1. The van der Waals surface area contributed by atoms with E-state index in [1.807, 2.05) is 50.2 Å². The summed E-state index contributed by atoms with van der Waals surface area (Å²) in [5, 5.41) is 6.05. The van der Waals surface area contributed by atoms with Crippen LogP contribution < -0.4 is 14.4 Å². The zero-order chi connectivity index (χ0) is 25.7. The molecule has 0 saturated heterocycles. The Morgan fingerprint density at radius 2 is 1.78 bits per heavy atom. The first-order chi connectivity index (χ1) is 17.4. The number of hydrogen-bond acceptors (Lipinski definition) is 6. The maximum Gasteiger partial charge on any atom is 0.281 e. The highest BCUT2D eigenvalue weighted by Crippen LogP contribution is 2.34. The molecule has 0 spiro atoms. The van der Waals surface area contributed by atoms with Crippen LogP contribution >= 0.6 is 0 Å². The molecule has 4 rings (SSSR count). The monoisotopic (exact) mass is 489 g/mol. The van der Waals surface area contributed by atoms with Gasteiger partial charge in [0.1, 0.15) is 12.1 Å². The zero-order valence-electron chi connectivity index (χ0n) is 20.5. The van der Waals surface area contributed by atoms with Crippen molar-refractivity contribution in [1.29, 1.82) is 0 Å². The second-order valence-electron chi connectivity index (χ2n) is 8.54. The fourth-order valence-corrected chi connectivity index (χ4v) is 4.00. The van der Waals surface area contributed by atoms with Gasteiger partial charge in [0.2, 0.25) is 0 Å². The quantitative estimate of drug-likeness (QED) is 0.402. The van der Waals surface area contributed by atoms with E-state index in [0.29, 0.717) is 35.8 Å². The fraction of sp³-hybridized carbons (Fsp3) is 0.250. The number of carbonyl (C=O) groups excluding carboxylic acids is 2. The minimum atomic E-state index is -0.337. The van der Waals surface area contributed by atoms with E-state index >= 15 is 0 Å². The highest BCUT2D eigenvalue weighted by molar-refractivity contribution is 6.03. The second kappa shape index (κ2) is 11.0. The molecule has 1 atom stereocenters. The predicted octanol–water partition coefficient (Wildman–Crippen LogP) is 4.86. The number of carbonyl (C=O) groups is 2. The second-order valence-corrected chi connectivity index (χ2v) is 8.54. The lowest BCUT2D eigenvalue weighted by atomic mass is 9.98. The lowest BCUT2D eigenvalue weighted by Gasteiger charge is -2.23. The van der Waals surface area contributed by atoms with E-state index in [4.69, 9.17) is 9.47 Å². The number of ether oxygens (including phenoxy) is 2. The Bertz CT molecular complexity index is 1260. The first kappa shape index (κ1) is 24.9. The van der Waals surface area contributed by atoms with Crippen molar-refractivity contribution in [3.63, 3.8) is 0 Å². The first-order valence-corrected chi connectivity index (χ1v) is 11.7. The van der Waals surface area contributed by atoms with E-state index < -0.39 is 0 Å². The van der Waals surface area contributed by atoms with Crippen LogP contribution in [-0.2, 0) is 4.79 Å². The van der Waals surface area contributed by atoms with Crippen LogP contribution in [0, 0.1) is 5.82 Å². The number of hydrazone groups is 1. The largest absolute Gasteiger partial charge is 0.490 e. The summed E-state index contributed by atoms with van der Waals surface area (Å²) in [6.45, 7) is 1.94. The number of amides is 1. The van der Waals surface area contributed by atoms with Gasteiger partial charge in [0.25, 0.3) is 5.91 Å². The molecule has 0 aromatic heterocycles. The van der Waals surface area contributed by atoms with Crippen molar-refractivity contribution in [2.24, 2.45) is 5.10 Å². The molecule has 8 heteroatoms. The van der Waals surface area contributed by atoms with Gasteiger partial charge in [0, 0.05) is 31.8 Å². The first-order valence-electron chi connectivity index (χ1n) is 11.7. The lowest BCUT2D eigenvalue weighted by molar-refractivity contribution is -0.135. The predicted molar refractivity (Wildman–Crippen MR) is 136 cm³/mol. The fourth-order valence-electron chi connectivity index (χ4n) is 4.00. The number of hydrogen-bond donors (Lipinski definition) is 0. The molecular weight excluding hydrogens is 461 g/mol. The summed E-state index contributed by atoms with van der Waals surface area (Å²) in [7, 11) is 3.93. The van der Waals surface area contributed by atoms with Gasteiger partial charge in [-0.3, -0.25) is 9.59 Å². The minimum Gasteiger partial charge on any atom is -0.490 e. The van der Waals surface area contributed by atoms with Gasteiger partial charge in [0.15, 0.2) is 18.1 Å². The van der Waals surface area contributed by atoms with Crippen LogP contribution in [0.4, 0.5) is 10.1 Å². The SMILES string of the molecule is CCOc1cc(C=O)ccc1OCC(=O)N1N=C(c2ccc(F)cc2)CC1c1ccc(N(C)C)cc1. The van der Waals surface area contributed by atoms with Crippen molar-refractivity contribution in [2.45, 2.75) is 19.4 Å². The Morgan fingerprint density at radius 3 is 2.42 bits per heavy atom. The van der Waals surface area contributed by atoms with E-state index in [2.05, 4.69) is 5.10 Å². The maximum absolute atomic E-state index is 13.5. The molecule has 0 bridgehead atoms. The van der Waals surface area contributed by atoms with E-state index in [-0.39, 0.29) is 24.4 Å². The van der Waals surface area contributed by atoms with Gasteiger partial charge < -0.3 is 14.4 Å². The molecule has 7 nitrogen and oxygen atoms in total. The van der Waals surface area contributed by atoms with E-state index in [0.717, 1.165) is 23.1 Å². The van der Waals surface area contributed by atoms with Crippen molar-refractivity contribution in [3.8, 4) is 11.5 Å². The van der Waals surface area contributed by atoms with Gasteiger partial charge in [-0.2, -0.15) is 5.10 Å². The van der Waals surface area contributed by atoms with Crippen molar-refractivity contribution >= 4 is 23.6 Å². The van der Waals surface area contributed by atoms with Crippen LogP contribution in [-0.4, -0.2) is 50.2 Å². The van der Waals surface area contributed by atoms with Crippen LogP contribution in [0.3, 0.4) is 0 Å². The van der Waals surface area contributed by atoms with Crippen LogP contribution in [0.15, 0.2) is 71.8 Å². The molecule has 3 aromatic carbocycles. The number of halogens is 1. The van der Waals surface area contributed by atoms with E-state index in [9.17, 15) is 14.0 Å². The summed E-state index contributed by atoms with van der Waals surface area (Å²) >= 11 is 0. The lowest BCUT2D eigenvalue weighted by Crippen LogP contribution is -2.31. The number of aldehydes is 1. The van der Waals surface area contributed by atoms with Crippen molar-refractivity contribution in [3.05, 3.63) is 89.2 Å². The summed E-state index contributed by atoms with van der Waals surface area (Å²) in [5.41, 5.74) is 3.87. The Balaban J connectivity index is 1.59. The highest BCUT2D eigenvalue weighted by Gasteiger charge is 2.33. The van der Waals surface area contributed by atoms with Gasteiger partial charge in [0.05, 0.1) is 18.4 Å². The Hall–Kier alpha value is -4.20. The molecule has 1 aliphatic heterocycles. The van der Waals surface area contributed by atoms with Crippen LogP contribution in [0.5, 0.6) is 11.5 Å². The molecule has 36 heavy (non-hydrogen) atoms. The molecule has 0 fully saturated rings. The molecule has 1 heterocycles. The topological polar surface area (TPSA) is 71.4 Å².